The predicted octanol–water partition coefficient (Wildman–Crippen LogP) is 1.90. The minimum atomic E-state index is -0.117. The second kappa shape index (κ2) is 6.66. The number of benzene rings is 1. The van der Waals surface area contributed by atoms with Crippen LogP contribution in [0.15, 0.2) is 54.9 Å². The van der Waals surface area contributed by atoms with Crippen molar-refractivity contribution in [1.29, 1.82) is 0 Å². The van der Waals surface area contributed by atoms with E-state index in [0.717, 1.165) is 5.56 Å². The summed E-state index contributed by atoms with van der Waals surface area (Å²) in [5.41, 5.74) is 7.70. The van der Waals surface area contributed by atoms with Crippen LogP contribution in [0.1, 0.15) is 28.4 Å². The van der Waals surface area contributed by atoms with Crippen molar-refractivity contribution >= 4 is 5.91 Å². The van der Waals surface area contributed by atoms with E-state index in [2.05, 4.69) is 10.3 Å². The smallest absolute Gasteiger partial charge is 0.252 e. The van der Waals surface area contributed by atoms with Crippen molar-refractivity contribution in [2.75, 3.05) is 6.54 Å². The molecule has 1 unspecified atom stereocenters. The maximum atomic E-state index is 11.8. The highest BCUT2D eigenvalue weighted by atomic mass is 16.1. The fraction of sp³-hybridized carbons (Fsp3) is 0.200. The molecule has 2 aromatic rings. The first-order chi connectivity index (χ1) is 9.27. The average Bonchev–Trinajstić information content (AvgIpc) is 2.49. The molecule has 1 aromatic heterocycles. The number of nitrogens with zero attached hydrogens (tertiary/aromatic N) is 1. The van der Waals surface area contributed by atoms with Gasteiger partial charge >= 0.3 is 0 Å². The number of amides is 1. The van der Waals surface area contributed by atoms with Gasteiger partial charge in [0.15, 0.2) is 0 Å². The highest BCUT2D eigenvalue weighted by Gasteiger charge is 2.07. The van der Waals surface area contributed by atoms with E-state index in [1.54, 1.807) is 24.5 Å². The van der Waals surface area contributed by atoms with Crippen LogP contribution in [0.25, 0.3) is 0 Å². The van der Waals surface area contributed by atoms with Crippen LogP contribution in [0.3, 0.4) is 0 Å². The van der Waals surface area contributed by atoms with Gasteiger partial charge in [-0.05, 0) is 24.1 Å². The van der Waals surface area contributed by atoms with Gasteiger partial charge in [-0.15, -0.1) is 0 Å². The Morgan fingerprint density at radius 1 is 1.21 bits per heavy atom. The van der Waals surface area contributed by atoms with Gasteiger partial charge in [0.2, 0.25) is 0 Å². The van der Waals surface area contributed by atoms with Crippen LogP contribution in [0, 0.1) is 0 Å². The quantitative estimate of drug-likeness (QED) is 0.857. The first-order valence-corrected chi connectivity index (χ1v) is 6.26. The van der Waals surface area contributed by atoms with Gasteiger partial charge in [0.25, 0.3) is 5.91 Å². The molecule has 0 radical (unpaired) electrons. The molecule has 2 rings (SSSR count). The molecular weight excluding hydrogens is 238 g/mol. The minimum Gasteiger partial charge on any atom is -0.352 e. The normalized spacial score (nSPS) is 11.8. The first kappa shape index (κ1) is 13.2. The zero-order chi connectivity index (χ0) is 13.5. The molecule has 0 saturated carbocycles. The molecule has 1 amide bonds. The average molecular weight is 255 g/mol. The second-order valence-corrected chi connectivity index (χ2v) is 4.30. The fourth-order valence-electron chi connectivity index (χ4n) is 1.81. The van der Waals surface area contributed by atoms with Gasteiger partial charge in [0.1, 0.15) is 0 Å². The summed E-state index contributed by atoms with van der Waals surface area (Å²) in [6.45, 7) is 0.545. The zero-order valence-corrected chi connectivity index (χ0v) is 10.6. The number of carbonyl (C=O) groups is 1. The molecule has 4 heteroatoms. The van der Waals surface area contributed by atoms with Crippen LogP contribution >= 0.6 is 0 Å². The van der Waals surface area contributed by atoms with Crippen LogP contribution in [0.4, 0.5) is 0 Å². The SMILES string of the molecule is NC(CCNC(=O)c1cccnc1)c1ccccc1. The molecule has 1 heterocycles. The lowest BCUT2D eigenvalue weighted by atomic mass is 10.1. The summed E-state index contributed by atoms with van der Waals surface area (Å²) in [6.07, 6.45) is 3.89. The Hall–Kier alpha value is -2.20. The van der Waals surface area contributed by atoms with Crippen molar-refractivity contribution in [2.45, 2.75) is 12.5 Å². The highest BCUT2D eigenvalue weighted by molar-refractivity contribution is 5.93. The van der Waals surface area contributed by atoms with Crippen LogP contribution in [0.5, 0.6) is 0 Å². The Morgan fingerprint density at radius 2 is 2.00 bits per heavy atom. The van der Waals surface area contributed by atoms with E-state index in [1.807, 2.05) is 30.3 Å². The zero-order valence-electron chi connectivity index (χ0n) is 10.6. The second-order valence-electron chi connectivity index (χ2n) is 4.30. The third-order valence-electron chi connectivity index (χ3n) is 2.89. The van der Waals surface area contributed by atoms with Crippen LogP contribution in [-0.2, 0) is 0 Å². The maximum Gasteiger partial charge on any atom is 0.252 e. The summed E-state index contributed by atoms with van der Waals surface area (Å²) < 4.78 is 0. The van der Waals surface area contributed by atoms with Crippen LogP contribution < -0.4 is 11.1 Å². The van der Waals surface area contributed by atoms with Crippen molar-refractivity contribution in [3.8, 4) is 0 Å². The third kappa shape index (κ3) is 3.89. The van der Waals surface area contributed by atoms with E-state index >= 15 is 0 Å². The number of pyridine rings is 1. The molecule has 4 nitrogen and oxygen atoms in total. The van der Waals surface area contributed by atoms with E-state index in [9.17, 15) is 4.79 Å². The summed E-state index contributed by atoms with van der Waals surface area (Å²) in [5, 5.41) is 2.84. The number of hydrogen-bond acceptors (Lipinski definition) is 3. The van der Waals surface area contributed by atoms with Gasteiger partial charge in [0, 0.05) is 25.0 Å². The van der Waals surface area contributed by atoms with Crippen molar-refractivity contribution < 1.29 is 4.79 Å². The van der Waals surface area contributed by atoms with Gasteiger partial charge < -0.3 is 11.1 Å². The first-order valence-electron chi connectivity index (χ1n) is 6.26. The van der Waals surface area contributed by atoms with Crippen LogP contribution in [-0.4, -0.2) is 17.4 Å². The van der Waals surface area contributed by atoms with Crippen molar-refractivity contribution in [2.24, 2.45) is 5.73 Å². The Morgan fingerprint density at radius 3 is 2.68 bits per heavy atom. The lowest BCUT2D eigenvalue weighted by Gasteiger charge is -2.12. The molecule has 0 spiro atoms. The van der Waals surface area contributed by atoms with Crippen molar-refractivity contribution in [3.63, 3.8) is 0 Å². The van der Waals surface area contributed by atoms with E-state index in [0.29, 0.717) is 18.5 Å². The van der Waals surface area contributed by atoms with Gasteiger partial charge in [0.05, 0.1) is 5.56 Å². The molecule has 1 aromatic carbocycles. The number of aromatic nitrogens is 1. The van der Waals surface area contributed by atoms with Gasteiger partial charge in [-0.1, -0.05) is 30.3 Å². The molecule has 98 valence electrons. The number of nitrogens with one attached hydrogen (secondary N) is 1. The van der Waals surface area contributed by atoms with Gasteiger partial charge in [-0.3, -0.25) is 9.78 Å². The molecule has 3 N–H and O–H groups in total. The molecule has 0 aliphatic heterocycles. The lowest BCUT2D eigenvalue weighted by molar-refractivity contribution is 0.0952. The number of nitrogens with two attached hydrogens (primary N) is 1. The highest BCUT2D eigenvalue weighted by Crippen LogP contribution is 2.12. The molecule has 0 bridgehead atoms. The largest absolute Gasteiger partial charge is 0.352 e. The summed E-state index contributed by atoms with van der Waals surface area (Å²) in [7, 11) is 0. The molecule has 0 saturated heterocycles. The molecule has 0 aliphatic carbocycles. The number of carbonyl (C=O) groups excluding carboxylic acids is 1. The monoisotopic (exact) mass is 255 g/mol. The van der Waals surface area contributed by atoms with Gasteiger partial charge in [-0.2, -0.15) is 0 Å². The van der Waals surface area contributed by atoms with E-state index in [1.165, 1.54) is 0 Å². The summed E-state index contributed by atoms with van der Waals surface area (Å²) >= 11 is 0. The molecule has 0 aliphatic rings. The van der Waals surface area contributed by atoms with Crippen molar-refractivity contribution in [1.82, 2.24) is 10.3 Å². The minimum absolute atomic E-state index is 0.0598. The molecule has 0 fully saturated rings. The Labute approximate surface area is 112 Å². The third-order valence-corrected chi connectivity index (χ3v) is 2.89. The van der Waals surface area contributed by atoms with E-state index in [4.69, 9.17) is 5.73 Å². The Kier molecular flexibility index (Phi) is 4.64. The summed E-state index contributed by atoms with van der Waals surface area (Å²) in [4.78, 5) is 15.7. The lowest BCUT2D eigenvalue weighted by Crippen LogP contribution is -2.27. The predicted molar refractivity (Wildman–Crippen MR) is 74.6 cm³/mol. The number of hydrogen-bond donors (Lipinski definition) is 2. The van der Waals surface area contributed by atoms with Gasteiger partial charge in [-0.25, -0.2) is 0 Å². The maximum absolute atomic E-state index is 11.8. The number of rotatable bonds is 5. The summed E-state index contributed by atoms with van der Waals surface area (Å²) in [6, 6.07) is 13.3. The Bertz CT molecular complexity index is 513. The molecule has 19 heavy (non-hydrogen) atoms. The molecule has 1 atom stereocenters. The van der Waals surface area contributed by atoms with Crippen molar-refractivity contribution in [3.05, 3.63) is 66.0 Å². The van der Waals surface area contributed by atoms with E-state index in [-0.39, 0.29) is 11.9 Å². The standard InChI is InChI=1S/C15H17N3O/c16-14(12-5-2-1-3-6-12)8-10-18-15(19)13-7-4-9-17-11-13/h1-7,9,11,14H,8,10,16H2,(H,18,19). The fourth-order valence-corrected chi connectivity index (χ4v) is 1.81. The topological polar surface area (TPSA) is 68.0 Å². The van der Waals surface area contributed by atoms with E-state index < -0.39 is 0 Å². The Balaban J connectivity index is 1.79. The molecular formula is C15H17N3O. The van der Waals surface area contributed by atoms with Crippen LogP contribution in [0.2, 0.25) is 0 Å². The summed E-state index contributed by atoms with van der Waals surface area (Å²) in [5.74, 6) is -0.117.